The fourth-order valence-corrected chi connectivity index (χ4v) is 0.722. The molecule has 3 nitrogen and oxygen atoms in total. The number of hydrazine groups is 1. The third-order valence-corrected chi connectivity index (χ3v) is 1.10. The van der Waals surface area contributed by atoms with Crippen LogP contribution in [-0.4, -0.2) is 11.6 Å². The predicted molar refractivity (Wildman–Crippen MR) is 38.1 cm³/mol. The molecule has 0 aromatic carbocycles. The molecular weight excluding hydrogens is 114 g/mol. The van der Waals surface area contributed by atoms with Crippen molar-refractivity contribution in [3.8, 4) is 0 Å². The summed E-state index contributed by atoms with van der Waals surface area (Å²) in [5, 5.41) is 0. The van der Waals surface area contributed by atoms with Crippen molar-refractivity contribution in [3.63, 3.8) is 0 Å². The Morgan fingerprint density at radius 3 is 2.78 bits per heavy atom. The van der Waals surface area contributed by atoms with Gasteiger partial charge in [-0.15, -0.1) is 0 Å². The van der Waals surface area contributed by atoms with E-state index in [0.717, 1.165) is 5.69 Å². The smallest absolute Gasteiger partial charge is 0.0664 e. The zero-order valence-electron chi connectivity index (χ0n) is 5.68. The fraction of sp³-hybridized carbons (Fsp3) is 0.333. The summed E-state index contributed by atoms with van der Waals surface area (Å²) in [5.41, 5.74) is 6.87. The Balaban J connectivity index is 2.61. The molecule has 0 aliphatic rings. The summed E-state index contributed by atoms with van der Waals surface area (Å²) in [4.78, 5) is 0. The first-order valence-corrected chi connectivity index (χ1v) is 2.87. The lowest BCUT2D eigenvalue weighted by molar-refractivity contribution is 0.921. The highest BCUT2D eigenvalue weighted by Crippen LogP contribution is 2.02. The fourth-order valence-electron chi connectivity index (χ4n) is 0.722. The lowest BCUT2D eigenvalue weighted by Crippen LogP contribution is -2.14. The number of nitrogens with one attached hydrogen (secondary N) is 2. The molecule has 1 heterocycles. The van der Waals surface area contributed by atoms with Gasteiger partial charge in [-0.05, 0) is 6.07 Å². The van der Waals surface area contributed by atoms with E-state index >= 15 is 0 Å². The Labute approximate surface area is 54.7 Å². The quantitative estimate of drug-likeness (QED) is 0.566. The predicted octanol–water partition coefficient (Wildman–Crippen LogP) is 0.571. The third kappa shape index (κ3) is 1.47. The number of hydrogen-bond acceptors (Lipinski definition) is 2. The van der Waals surface area contributed by atoms with Crippen LogP contribution in [0.4, 0.5) is 5.69 Å². The summed E-state index contributed by atoms with van der Waals surface area (Å²) in [5.74, 6) is 0. The van der Waals surface area contributed by atoms with Gasteiger partial charge in [-0.1, -0.05) is 0 Å². The first kappa shape index (κ1) is 6.16. The average Bonchev–Trinajstić information content (AvgIpc) is 2.17. The Bertz CT molecular complexity index is 180. The van der Waals surface area contributed by atoms with Gasteiger partial charge >= 0.3 is 0 Å². The molecule has 0 saturated heterocycles. The molecule has 1 rings (SSSR count). The van der Waals surface area contributed by atoms with Gasteiger partial charge in [-0.25, -0.2) is 5.43 Å². The number of anilines is 1. The van der Waals surface area contributed by atoms with Crippen molar-refractivity contribution >= 4 is 5.69 Å². The minimum atomic E-state index is 1.08. The summed E-state index contributed by atoms with van der Waals surface area (Å²) in [6.07, 6.45) is 3.98. The van der Waals surface area contributed by atoms with Gasteiger partial charge in [0.1, 0.15) is 0 Å². The molecule has 50 valence electrons. The zero-order chi connectivity index (χ0) is 6.69. The lowest BCUT2D eigenvalue weighted by atomic mass is 10.6. The largest absolute Gasteiger partial charge is 0.355 e. The highest BCUT2D eigenvalue weighted by atomic mass is 15.3. The van der Waals surface area contributed by atoms with Gasteiger partial charge in [0.15, 0.2) is 0 Å². The highest BCUT2D eigenvalue weighted by molar-refractivity contribution is 5.39. The van der Waals surface area contributed by atoms with Crippen LogP contribution in [0, 0.1) is 0 Å². The topological polar surface area (TPSA) is 29.0 Å². The molecule has 1 aromatic heterocycles. The van der Waals surface area contributed by atoms with E-state index in [0.29, 0.717) is 0 Å². The maximum atomic E-state index is 2.96. The SMILES string of the molecule is CNNc1ccn(C)c1. The number of hydrogen-bond donors (Lipinski definition) is 2. The second-order valence-corrected chi connectivity index (χ2v) is 1.94. The van der Waals surface area contributed by atoms with Crippen molar-refractivity contribution in [1.29, 1.82) is 0 Å². The molecular formula is C6H11N3. The van der Waals surface area contributed by atoms with Crippen molar-refractivity contribution < 1.29 is 0 Å². The molecule has 0 aliphatic heterocycles. The van der Waals surface area contributed by atoms with E-state index in [-0.39, 0.29) is 0 Å². The average molecular weight is 125 g/mol. The van der Waals surface area contributed by atoms with Crippen molar-refractivity contribution in [1.82, 2.24) is 9.99 Å². The van der Waals surface area contributed by atoms with E-state index < -0.39 is 0 Å². The molecule has 0 unspecified atom stereocenters. The molecule has 0 saturated carbocycles. The Hall–Kier alpha value is -0.960. The van der Waals surface area contributed by atoms with E-state index in [1.807, 2.05) is 37.1 Å². The second-order valence-electron chi connectivity index (χ2n) is 1.94. The van der Waals surface area contributed by atoms with Crippen LogP contribution in [-0.2, 0) is 7.05 Å². The van der Waals surface area contributed by atoms with Crippen LogP contribution in [0.1, 0.15) is 0 Å². The summed E-state index contributed by atoms with van der Waals surface area (Å²) in [6, 6.07) is 2.00. The van der Waals surface area contributed by atoms with Crippen LogP contribution < -0.4 is 10.9 Å². The third-order valence-electron chi connectivity index (χ3n) is 1.10. The molecule has 0 radical (unpaired) electrons. The van der Waals surface area contributed by atoms with Crippen molar-refractivity contribution in [2.45, 2.75) is 0 Å². The summed E-state index contributed by atoms with van der Waals surface area (Å²) < 4.78 is 1.99. The molecule has 3 heteroatoms. The van der Waals surface area contributed by atoms with E-state index in [4.69, 9.17) is 0 Å². The molecule has 0 atom stereocenters. The number of nitrogens with zero attached hydrogens (tertiary/aromatic N) is 1. The van der Waals surface area contributed by atoms with Crippen molar-refractivity contribution in [2.24, 2.45) is 7.05 Å². The molecule has 0 amide bonds. The van der Waals surface area contributed by atoms with E-state index in [1.165, 1.54) is 0 Å². The number of aryl methyl sites for hydroxylation is 1. The van der Waals surface area contributed by atoms with Gasteiger partial charge in [-0.2, -0.15) is 0 Å². The second kappa shape index (κ2) is 2.55. The molecule has 0 bridgehead atoms. The first-order valence-electron chi connectivity index (χ1n) is 2.87. The van der Waals surface area contributed by atoms with Crippen LogP contribution in [0.15, 0.2) is 18.5 Å². The van der Waals surface area contributed by atoms with Gasteiger partial charge in [0, 0.05) is 26.5 Å². The monoisotopic (exact) mass is 125 g/mol. The first-order chi connectivity index (χ1) is 4.33. The van der Waals surface area contributed by atoms with Crippen LogP contribution >= 0.6 is 0 Å². The molecule has 1 aromatic rings. The Kier molecular flexibility index (Phi) is 1.75. The Morgan fingerprint density at radius 2 is 2.33 bits per heavy atom. The number of aromatic nitrogens is 1. The maximum Gasteiger partial charge on any atom is 0.0664 e. The molecule has 0 fully saturated rings. The van der Waals surface area contributed by atoms with E-state index in [9.17, 15) is 0 Å². The van der Waals surface area contributed by atoms with Crippen LogP contribution in [0.2, 0.25) is 0 Å². The zero-order valence-corrected chi connectivity index (χ0v) is 5.68. The van der Waals surface area contributed by atoms with E-state index in [1.54, 1.807) is 0 Å². The summed E-state index contributed by atoms with van der Waals surface area (Å²) in [7, 11) is 3.83. The van der Waals surface area contributed by atoms with Gasteiger partial charge in [0.2, 0.25) is 0 Å². The molecule has 0 aliphatic carbocycles. The van der Waals surface area contributed by atoms with Crippen molar-refractivity contribution in [2.75, 3.05) is 12.5 Å². The van der Waals surface area contributed by atoms with Gasteiger partial charge in [-0.3, -0.25) is 0 Å². The highest BCUT2D eigenvalue weighted by Gasteiger charge is 1.87. The minimum absolute atomic E-state index is 1.08. The lowest BCUT2D eigenvalue weighted by Gasteiger charge is -1.97. The molecule has 0 spiro atoms. The van der Waals surface area contributed by atoms with Gasteiger partial charge < -0.3 is 9.99 Å². The van der Waals surface area contributed by atoms with Crippen molar-refractivity contribution in [3.05, 3.63) is 18.5 Å². The standard InChI is InChI=1S/C6H11N3/c1-7-8-6-3-4-9(2)5-6/h3-5,7-8H,1-2H3. The van der Waals surface area contributed by atoms with Gasteiger partial charge in [0.25, 0.3) is 0 Å². The minimum Gasteiger partial charge on any atom is -0.355 e. The summed E-state index contributed by atoms with van der Waals surface area (Å²) in [6.45, 7) is 0. The molecule has 9 heavy (non-hydrogen) atoms. The maximum absolute atomic E-state index is 2.96. The van der Waals surface area contributed by atoms with Gasteiger partial charge in [0.05, 0.1) is 5.69 Å². The van der Waals surface area contributed by atoms with Crippen LogP contribution in [0.5, 0.6) is 0 Å². The number of rotatable bonds is 2. The normalized spacial score (nSPS) is 9.56. The van der Waals surface area contributed by atoms with Crippen LogP contribution in [0.3, 0.4) is 0 Å². The van der Waals surface area contributed by atoms with E-state index in [2.05, 4.69) is 10.9 Å². The Morgan fingerprint density at radius 1 is 1.56 bits per heavy atom. The summed E-state index contributed by atoms with van der Waals surface area (Å²) >= 11 is 0. The van der Waals surface area contributed by atoms with Crippen LogP contribution in [0.25, 0.3) is 0 Å². The molecule has 2 N–H and O–H groups in total.